The fourth-order valence-corrected chi connectivity index (χ4v) is 1.91. The maximum absolute atomic E-state index is 11.4. The van der Waals surface area contributed by atoms with Gasteiger partial charge in [0, 0.05) is 38.6 Å². The summed E-state index contributed by atoms with van der Waals surface area (Å²) >= 11 is 5.78. The van der Waals surface area contributed by atoms with Gasteiger partial charge in [-0.15, -0.1) is 11.6 Å². The molecule has 4 nitrogen and oxygen atoms in total. The Balaban J connectivity index is 2.25. The molecule has 5 heteroatoms. The molecule has 94 valence electrons. The van der Waals surface area contributed by atoms with Gasteiger partial charge in [-0.1, -0.05) is 6.92 Å². The lowest BCUT2D eigenvalue weighted by Crippen LogP contribution is -2.49. The SMILES string of the molecule is CCOC(=O)N1CCN(CC(C)CCl)CC1. The van der Waals surface area contributed by atoms with Crippen molar-refractivity contribution in [3.05, 3.63) is 0 Å². The van der Waals surface area contributed by atoms with Gasteiger partial charge in [-0.05, 0) is 12.8 Å². The van der Waals surface area contributed by atoms with Gasteiger partial charge >= 0.3 is 6.09 Å². The average Bonchev–Trinajstić information content (AvgIpc) is 2.30. The number of alkyl halides is 1. The first-order valence-corrected chi connectivity index (χ1v) is 6.40. The van der Waals surface area contributed by atoms with Crippen molar-refractivity contribution >= 4 is 17.7 Å². The van der Waals surface area contributed by atoms with E-state index in [-0.39, 0.29) is 6.09 Å². The Morgan fingerprint density at radius 2 is 2.00 bits per heavy atom. The van der Waals surface area contributed by atoms with Gasteiger partial charge in [0.1, 0.15) is 0 Å². The number of amides is 1. The summed E-state index contributed by atoms with van der Waals surface area (Å²) < 4.78 is 4.97. The standard InChI is InChI=1S/C11H21ClN2O2/c1-3-16-11(15)14-6-4-13(5-7-14)9-10(2)8-12/h10H,3-9H2,1-2H3. The smallest absolute Gasteiger partial charge is 0.409 e. The van der Waals surface area contributed by atoms with Crippen LogP contribution in [0, 0.1) is 5.92 Å². The number of piperazine rings is 1. The summed E-state index contributed by atoms with van der Waals surface area (Å²) in [5.41, 5.74) is 0. The van der Waals surface area contributed by atoms with Gasteiger partial charge in [0.05, 0.1) is 6.61 Å². The van der Waals surface area contributed by atoms with E-state index in [1.165, 1.54) is 0 Å². The molecular weight excluding hydrogens is 228 g/mol. The van der Waals surface area contributed by atoms with Gasteiger partial charge in [-0.3, -0.25) is 4.90 Å². The molecule has 0 N–H and O–H groups in total. The van der Waals surface area contributed by atoms with Crippen molar-refractivity contribution in [2.45, 2.75) is 13.8 Å². The maximum Gasteiger partial charge on any atom is 0.409 e. The van der Waals surface area contributed by atoms with Crippen LogP contribution in [0.15, 0.2) is 0 Å². The Morgan fingerprint density at radius 3 is 2.50 bits per heavy atom. The Bertz CT molecular complexity index is 218. The van der Waals surface area contributed by atoms with Gasteiger partial charge in [-0.25, -0.2) is 4.79 Å². The lowest BCUT2D eigenvalue weighted by Gasteiger charge is -2.35. The molecule has 1 fully saturated rings. The van der Waals surface area contributed by atoms with Crippen molar-refractivity contribution in [1.29, 1.82) is 0 Å². The third kappa shape index (κ3) is 4.18. The highest BCUT2D eigenvalue weighted by atomic mass is 35.5. The minimum Gasteiger partial charge on any atom is -0.450 e. The summed E-state index contributed by atoms with van der Waals surface area (Å²) in [6, 6.07) is 0. The molecule has 0 saturated carbocycles. The molecule has 1 aliphatic heterocycles. The third-order valence-corrected chi connectivity index (χ3v) is 3.26. The Labute approximate surface area is 102 Å². The zero-order valence-electron chi connectivity index (χ0n) is 10.1. The Kier molecular flexibility index (Phi) is 5.91. The van der Waals surface area contributed by atoms with Gasteiger partial charge < -0.3 is 9.64 Å². The summed E-state index contributed by atoms with van der Waals surface area (Å²) in [6.07, 6.45) is -0.187. The monoisotopic (exact) mass is 248 g/mol. The van der Waals surface area contributed by atoms with E-state index >= 15 is 0 Å². The van der Waals surface area contributed by atoms with Crippen LogP contribution < -0.4 is 0 Å². The van der Waals surface area contributed by atoms with E-state index in [0.717, 1.165) is 32.7 Å². The molecule has 1 heterocycles. The minimum atomic E-state index is -0.187. The summed E-state index contributed by atoms with van der Waals surface area (Å²) in [5, 5.41) is 0. The van der Waals surface area contributed by atoms with Crippen molar-refractivity contribution in [1.82, 2.24) is 9.80 Å². The molecule has 0 aliphatic carbocycles. The maximum atomic E-state index is 11.4. The van der Waals surface area contributed by atoms with Crippen LogP contribution in [-0.4, -0.2) is 61.1 Å². The molecule has 0 aromatic carbocycles. The lowest BCUT2D eigenvalue weighted by molar-refractivity contribution is 0.0768. The van der Waals surface area contributed by atoms with Crippen LogP contribution in [0.5, 0.6) is 0 Å². The lowest BCUT2D eigenvalue weighted by atomic mass is 10.2. The first-order chi connectivity index (χ1) is 7.67. The van der Waals surface area contributed by atoms with Gasteiger partial charge in [0.15, 0.2) is 0 Å². The van der Waals surface area contributed by atoms with E-state index in [4.69, 9.17) is 16.3 Å². The van der Waals surface area contributed by atoms with Gasteiger partial charge in [0.2, 0.25) is 0 Å². The van der Waals surface area contributed by atoms with E-state index in [2.05, 4.69) is 11.8 Å². The molecule has 0 aromatic heterocycles. The van der Waals surface area contributed by atoms with Crippen LogP contribution in [0.3, 0.4) is 0 Å². The predicted molar refractivity (Wildman–Crippen MR) is 64.9 cm³/mol. The molecule has 0 radical (unpaired) electrons. The summed E-state index contributed by atoms with van der Waals surface area (Å²) in [4.78, 5) is 15.6. The molecule has 1 saturated heterocycles. The van der Waals surface area contributed by atoms with Crippen molar-refractivity contribution in [2.75, 3.05) is 45.2 Å². The summed E-state index contributed by atoms with van der Waals surface area (Å²) in [5.74, 6) is 1.20. The second kappa shape index (κ2) is 6.97. The molecule has 0 bridgehead atoms. The van der Waals surface area contributed by atoms with E-state index < -0.39 is 0 Å². The number of hydrogen-bond donors (Lipinski definition) is 0. The largest absolute Gasteiger partial charge is 0.450 e. The van der Waals surface area contributed by atoms with Gasteiger partial charge in [0.25, 0.3) is 0 Å². The first-order valence-electron chi connectivity index (χ1n) is 5.87. The quantitative estimate of drug-likeness (QED) is 0.709. The number of hydrogen-bond acceptors (Lipinski definition) is 3. The Hall–Kier alpha value is -0.480. The number of carbonyl (C=O) groups excluding carboxylic acids is 1. The Morgan fingerprint density at radius 1 is 1.38 bits per heavy atom. The van der Waals surface area contributed by atoms with Crippen LogP contribution in [0.2, 0.25) is 0 Å². The molecule has 16 heavy (non-hydrogen) atoms. The molecular formula is C11H21ClN2O2. The zero-order chi connectivity index (χ0) is 12.0. The van der Waals surface area contributed by atoms with Gasteiger partial charge in [-0.2, -0.15) is 0 Å². The fourth-order valence-electron chi connectivity index (χ4n) is 1.82. The number of carbonyl (C=O) groups is 1. The molecule has 1 atom stereocenters. The first kappa shape index (κ1) is 13.6. The summed E-state index contributed by atoms with van der Waals surface area (Å²) in [6.45, 7) is 8.78. The molecule has 1 amide bonds. The van der Waals surface area contributed by atoms with Crippen molar-refractivity contribution < 1.29 is 9.53 Å². The van der Waals surface area contributed by atoms with Crippen LogP contribution in [0.1, 0.15) is 13.8 Å². The summed E-state index contributed by atoms with van der Waals surface area (Å²) in [7, 11) is 0. The predicted octanol–water partition coefficient (Wildman–Crippen LogP) is 1.64. The van der Waals surface area contributed by atoms with E-state index in [9.17, 15) is 4.79 Å². The van der Waals surface area contributed by atoms with Crippen molar-refractivity contribution in [3.63, 3.8) is 0 Å². The van der Waals surface area contributed by atoms with Crippen molar-refractivity contribution in [3.8, 4) is 0 Å². The van der Waals surface area contributed by atoms with Crippen LogP contribution in [0.25, 0.3) is 0 Å². The van der Waals surface area contributed by atoms with Crippen LogP contribution >= 0.6 is 11.6 Å². The van der Waals surface area contributed by atoms with Crippen LogP contribution in [0.4, 0.5) is 4.79 Å². The van der Waals surface area contributed by atoms with E-state index in [1.807, 2.05) is 6.92 Å². The highest BCUT2D eigenvalue weighted by molar-refractivity contribution is 6.18. The normalized spacial score (nSPS) is 19.6. The van der Waals surface area contributed by atoms with Crippen LogP contribution in [-0.2, 0) is 4.74 Å². The minimum absolute atomic E-state index is 0.187. The second-order valence-electron chi connectivity index (χ2n) is 4.25. The molecule has 0 aromatic rings. The van der Waals surface area contributed by atoms with E-state index in [1.54, 1.807) is 4.90 Å². The number of rotatable bonds is 4. The number of nitrogens with zero attached hydrogens (tertiary/aromatic N) is 2. The highest BCUT2D eigenvalue weighted by Gasteiger charge is 2.22. The highest BCUT2D eigenvalue weighted by Crippen LogP contribution is 2.07. The van der Waals surface area contributed by atoms with E-state index in [0.29, 0.717) is 18.4 Å². The number of halogens is 1. The zero-order valence-corrected chi connectivity index (χ0v) is 10.9. The topological polar surface area (TPSA) is 32.8 Å². The number of ether oxygens (including phenoxy) is 1. The molecule has 0 spiro atoms. The van der Waals surface area contributed by atoms with Crippen molar-refractivity contribution in [2.24, 2.45) is 5.92 Å². The fraction of sp³-hybridized carbons (Fsp3) is 0.909. The molecule has 1 aliphatic rings. The third-order valence-electron chi connectivity index (χ3n) is 2.73. The second-order valence-corrected chi connectivity index (χ2v) is 4.55. The molecule has 1 rings (SSSR count). The molecule has 1 unspecified atom stereocenters. The average molecular weight is 249 g/mol.